The summed E-state index contributed by atoms with van der Waals surface area (Å²) in [4.78, 5) is 19.2. The van der Waals surface area contributed by atoms with E-state index < -0.39 is 0 Å². The molecule has 0 bridgehead atoms. The van der Waals surface area contributed by atoms with E-state index in [-0.39, 0.29) is 12.1 Å². The largest absolute Gasteiger partial charge is 0.360 e. The molecule has 1 aromatic heterocycles. The van der Waals surface area contributed by atoms with Crippen LogP contribution in [-0.2, 0) is 0 Å². The number of carbonyl (C=O) groups is 1. The zero-order valence-electron chi connectivity index (χ0n) is 14.5. The number of hydrogen-bond acceptors (Lipinski definition) is 3. The molecule has 130 valence electrons. The van der Waals surface area contributed by atoms with Gasteiger partial charge in [0.15, 0.2) is 6.17 Å². The van der Waals surface area contributed by atoms with Crippen molar-refractivity contribution in [2.75, 3.05) is 10.2 Å². The summed E-state index contributed by atoms with van der Waals surface area (Å²) in [5, 5.41) is 4.10. The van der Waals surface area contributed by atoms with Gasteiger partial charge in [0.05, 0.1) is 11.3 Å². The van der Waals surface area contributed by atoms with E-state index in [1.165, 1.54) is 0 Å². The molecule has 0 radical (unpaired) electrons. The number of rotatable bonds is 3. The number of benzene rings is 2. The molecular weight excluding hydrogens is 346 g/mol. The zero-order chi connectivity index (χ0) is 18.3. The number of nitrogens with zero attached hydrogens (tertiary/aromatic N) is 2. The average Bonchev–Trinajstić information content (AvgIpc) is 2.92. The molecule has 0 spiro atoms. The smallest absolute Gasteiger partial charge is 0.262 e. The lowest BCUT2D eigenvalue weighted by molar-refractivity contribution is 0.0993. The summed E-state index contributed by atoms with van der Waals surface area (Å²) >= 11 is 6.26. The van der Waals surface area contributed by atoms with Crippen LogP contribution in [0, 0.1) is 13.8 Å². The molecule has 4 nitrogen and oxygen atoms in total. The van der Waals surface area contributed by atoms with Crippen molar-refractivity contribution in [1.29, 1.82) is 0 Å². The van der Waals surface area contributed by atoms with Gasteiger partial charge in [0.2, 0.25) is 0 Å². The Kier molecular flexibility index (Phi) is 4.13. The summed E-state index contributed by atoms with van der Waals surface area (Å²) in [7, 11) is 0. The van der Waals surface area contributed by atoms with Crippen molar-refractivity contribution in [3.8, 4) is 0 Å². The SMILES string of the molecule is Cc1ccc(N2C(=O)c3cccnc3[C@@H]2Nc2ccc(C)c(Cl)c2)cc1. The average molecular weight is 364 g/mol. The first-order valence-electron chi connectivity index (χ1n) is 8.42. The molecular formula is C21H18ClN3O. The van der Waals surface area contributed by atoms with Crippen LogP contribution in [0.15, 0.2) is 60.8 Å². The van der Waals surface area contributed by atoms with Gasteiger partial charge >= 0.3 is 0 Å². The van der Waals surface area contributed by atoms with Gasteiger partial charge in [0.1, 0.15) is 0 Å². The first kappa shape index (κ1) is 16.6. The number of hydrogen-bond donors (Lipinski definition) is 1. The van der Waals surface area contributed by atoms with Gasteiger partial charge in [-0.2, -0.15) is 0 Å². The molecule has 2 aromatic carbocycles. The van der Waals surface area contributed by atoms with Crippen LogP contribution in [0.4, 0.5) is 11.4 Å². The van der Waals surface area contributed by atoms with Crippen molar-refractivity contribution in [3.05, 3.63) is 88.2 Å². The number of amides is 1. The number of carbonyl (C=O) groups excluding carboxylic acids is 1. The molecule has 5 heteroatoms. The summed E-state index contributed by atoms with van der Waals surface area (Å²) < 4.78 is 0. The maximum absolute atomic E-state index is 13.0. The van der Waals surface area contributed by atoms with E-state index in [4.69, 9.17) is 11.6 Å². The van der Waals surface area contributed by atoms with Crippen molar-refractivity contribution in [1.82, 2.24) is 4.98 Å². The lowest BCUT2D eigenvalue weighted by atomic mass is 10.2. The number of nitrogens with one attached hydrogen (secondary N) is 1. The lowest BCUT2D eigenvalue weighted by Gasteiger charge is -2.27. The normalized spacial score (nSPS) is 15.9. The van der Waals surface area contributed by atoms with E-state index in [1.807, 2.05) is 62.4 Å². The second kappa shape index (κ2) is 6.46. The Balaban J connectivity index is 1.77. The molecule has 3 aromatic rings. The Morgan fingerprint density at radius 1 is 1.08 bits per heavy atom. The van der Waals surface area contributed by atoms with Gasteiger partial charge in [-0.25, -0.2) is 0 Å². The lowest BCUT2D eigenvalue weighted by Crippen LogP contribution is -2.32. The molecule has 0 saturated heterocycles. The third-order valence-electron chi connectivity index (χ3n) is 4.59. The molecule has 1 aliphatic rings. The molecule has 1 amide bonds. The van der Waals surface area contributed by atoms with Gasteiger partial charge in [-0.1, -0.05) is 35.4 Å². The van der Waals surface area contributed by atoms with Crippen LogP contribution in [-0.4, -0.2) is 10.9 Å². The van der Waals surface area contributed by atoms with Crippen molar-refractivity contribution < 1.29 is 4.79 Å². The molecule has 0 saturated carbocycles. The fourth-order valence-electron chi connectivity index (χ4n) is 3.13. The summed E-state index contributed by atoms with van der Waals surface area (Å²) in [6.07, 6.45) is 1.32. The van der Waals surface area contributed by atoms with Crippen LogP contribution in [0.2, 0.25) is 5.02 Å². The number of anilines is 2. The minimum absolute atomic E-state index is 0.0624. The molecule has 0 fully saturated rings. The van der Waals surface area contributed by atoms with Crippen molar-refractivity contribution in [2.24, 2.45) is 0 Å². The van der Waals surface area contributed by atoms with Crippen molar-refractivity contribution in [2.45, 2.75) is 20.0 Å². The highest BCUT2D eigenvalue weighted by atomic mass is 35.5. The third kappa shape index (κ3) is 2.82. The Morgan fingerprint density at radius 2 is 1.85 bits per heavy atom. The Labute approximate surface area is 157 Å². The second-order valence-corrected chi connectivity index (χ2v) is 6.86. The maximum atomic E-state index is 13.0. The fourth-order valence-corrected chi connectivity index (χ4v) is 3.31. The fraction of sp³-hybridized carbons (Fsp3) is 0.143. The number of aromatic nitrogens is 1. The van der Waals surface area contributed by atoms with Crippen LogP contribution in [0.1, 0.15) is 33.3 Å². The minimum atomic E-state index is -0.389. The van der Waals surface area contributed by atoms with E-state index in [0.29, 0.717) is 10.6 Å². The molecule has 4 rings (SSSR count). The summed E-state index contributed by atoms with van der Waals surface area (Å²) in [5.74, 6) is -0.0624. The van der Waals surface area contributed by atoms with Crippen LogP contribution in [0.25, 0.3) is 0 Å². The predicted molar refractivity (Wildman–Crippen MR) is 105 cm³/mol. The molecule has 2 heterocycles. The van der Waals surface area contributed by atoms with E-state index in [0.717, 1.165) is 28.2 Å². The quantitative estimate of drug-likeness (QED) is 0.702. The van der Waals surface area contributed by atoms with Crippen LogP contribution in [0.3, 0.4) is 0 Å². The molecule has 1 aliphatic heterocycles. The van der Waals surface area contributed by atoms with Crippen molar-refractivity contribution >= 4 is 28.9 Å². The Bertz CT molecular complexity index is 985. The highest BCUT2D eigenvalue weighted by Gasteiger charge is 2.38. The Morgan fingerprint density at radius 3 is 2.58 bits per heavy atom. The van der Waals surface area contributed by atoms with Gasteiger partial charge in [0, 0.05) is 22.6 Å². The highest BCUT2D eigenvalue weighted by molar-refractivity contribution is 6.31. The molecule has 0 aliphatic carbocycles. The van der Waals surface area contributed by atoms with Crippen LogP contribution < -0.4 is 10.2 Å². The van der Waals surface area contributed by atoms with Crippen LogP contribution >= 0.6 is 11.6 Å². The summed E-state index contributed by atoms with van der Waals surface area (Å²) in [5.41, 5.74) is 5.15. The topological polar surface area (TPSA) is 45.2 Å². The standard InChI is InChI=1S/C21H18ClN3O/c1-13-5-9-16(10-6-13)25-20(19-17(21(25)26)4-3-11-23-19)24-15-8-7-14(2)18(22)12-15/h3-12,20,24H,1-2H3/t20-/m1/s1. The third-order valence-corrected chi connectivity index (χ3v) is 5.00. The molecule has 1 atom stereocenters. The number of fused-ring (bicyclic) bond motifs is 1. The number of aryl methyl sites for hydroxylation is 2. The van der Waals surface area contributed by atoms with Gasteiger partial charge in [-0.05, 0) is 55.8 Å². The van der Waals surface area contributed by atoms with E-state index in [2.05, 4.69) is 10.3 Å². The van der Waals surface area contributed by atoms with E-state index >= 15 is 0 Å². The zero-order valence-corrected chi connectivity index (χ0v) is 15.3. The van der Waals surface area contributed by atoms with Crippen LogP contribution in [0.5, 0.6) is 0 Å². The summed E-state index contributed by atoms with van der Waals surface area (Å²) in [6.45, 7) is 3.98. The van der Waals surface area contributed by atoms with Gasteiger partial charge < -0.3 is 5.32 Å². The first-order valence-corrected chi connectivity index (χ1v) is 8.80. The minimum Gasteiger partial charge on any atom is -0.360 e. The first-order chi connectivity index (χ1) is 12.5. The monoisotopic (exact) mass is 363 g/mol. The highest BCUT2D eigenvalue weighted by Crippen LogP contribution is 2.37. The second-order valence-electron chi connectivity index (χ2n) is 6.46. The Hall–Kier alpha value is -2.85. The maximum Gasteiger partial charge on any atom is 0.262 e. The van der Waals surface area contributed by atoms with E-state index in [9.17, 15) is 4.79 Å². The molecule has 0 unspecified atom stereocenters. The van der Waals surface area contributed by atoms with E-state index in [1.54, 1.807) is 17.2 Å². The predicted octanol–water partition coefficient (Wildman–Crippen LogP) is 5.12. The number of halogens is 1. The van der Waals surface area contributed by atoms with Gasteiger partial charge in [-0.3, -0.25) is 14.7 Å². The number of pyridine rings is 1. The van der Waals surface area contributed by atoms with Gasteiger partial charge in [-0.15, -0.1) is 0 Å². The molecule has 26 heavy (non-hydrogen) atoms. The summed E-state index contributed by atoms with van der Waals surface area (Å²) in [6, 6.07) is 17.3. The van der Waals surface area contributed by atoms with Crippen molar-refractivity contribution in [3.63, 3.8) is 0 Å². The van der Waals surface area contributed by atoms with Gasteiger partial charge in [0.25, 0.3) is 5.91 Å². The molecule has 1 N–H and O–H groups in total.